The molecule has 0 aromatic rings. The molecule has 1 heteroatoms. The Kier molecular flexibility index (Phi) is 1.66. The van der Waals surface area contributed by atoms with Gasteiger partial charge >= 0.3 is 0 Å². The number of likely N-dealkylation sites (N-methyl/N-ethyl adjacent to an activating group) is 1. The third-order valence-electron chi connectivity index (χ3n) is 3.52. The summed E-state index contributed by atoms with van der Waals surface area (Å²) in [7, 11) is 2.21. The van der Waals surface area contributed by atoms with Gasteiger partial charge < -0.3 is 4.90 Å². The van der Waals surface area contributed by atoms with Crippen molar-refractivity contribution in [3.63, 3.8) is 0 Å². The summed E-state index contributed by atoms with van der Waals surface area (Å²) in [6.45, 7) is 0. The molecule has 0 amide bonds. The fourth-order valence-electron chi connectivity index (χ4n) is 2.80. The van der Waals surface area contributed by atoms with E-state index in [0.29, 0.717) is 12.0 Å². The molecule has 0 saturated heterocycles. The minimum atomic E-state index is 0.577. The molecule has 0 N–H and O–H groups in total. The summed E-state index contributed by atoms with van der Waals surface area (Å²) in [5, 5.41) is 0. The lowest BCUT2D eigenvalue weighted by Gasteiger charge is -2.25. The highest BCUT2D eigenvalue weighted by Crippen LogP contribution is 2.40. The standard InChI is InChI=1S/C13H15N/c1-14-12-8-4-2-6-10(12)11-7-3-5-9-13(11)14/h2,4-6,8-10,12H,3,7H2,1H3. The summed E-state index contributed by atoms with van der Waals surface area (Å²) in [6, 6.07) is 0.577. The van der Waals surface area contributed by atoms with Crippen molar-refractivity contribution in [3.8, 4) is 0 Å². The number of allylic oxidation sites excluding steroid dienone is 4. The van der Waals surface area contributed by atoms with E-state index in [1.165, 1.54) is 18.5 Å². The van der Waals surface area contributed by atoms with Crippen LogP contribution in [0.5, 0.6) is 0 Å². The highest BCUT2D eigenvalue weighted by molar-refractivity contribution is 5.42. The van der Waals surface area contributed by atoms with Gasteiger partial charge in [-0.3, -0.25) is 0 Å². The molecule has 2 atom stereocenters. The fourth-order valence-corrected chi connectivity index (χ4v) is 2.80. The minimum Gasteiger partial charge on any atom is -0.367 e. The van der Waals surface area contributed by atoms with E-state index in [2.05, 4.69) is 48.4 Å². The Morgan fingerprint density at radius 1 is 1.29 bits per heavy atom. The van der Waals surface area contributed by atoms with E-state index in [1.54, 1.807) is 5.57 Å². The van der Waals surface area contributed by atoms with Gasteiger partial charge in [-0.15, -0.1) is 0 Å². The lowest BCUT2D eigenvalue weighted by molar-refractivity contribution is 0.363. The maximum absolute atomic E-state index is 2.41. The highest BCUT2D eigenvalue weighted by atomic mass is 15.2. The molecule has 2 aliphatic carbocycles. The van der Waals surface area contributed by atoms with E-state index < -0.39 is 0 Å². The number of hydrogen-bond donors (Lipinski definition) is 0. The molecule has 0 saturated carbocycles. The first-order chi connectivity index (χ1) is 6.88. The van der Waals surface area contributed by atoms with Gasteiger partial charge in [0.05, 0.1) is 6.04 Å². The van der Waals surface area contributed by atoms with Crippen LogP contribution in [0.2, 0.25) is 0 Å². The van der Waals surface area contributed by atoms with Gasteiger partial charge in [-0.05, 0) is 24.5 Å². The zero-order chi connectivity index (χ0) is 9.54. The van der Waals surface area contributed by atoms with Gasteiger partial charge in [0, 0.05) is 18.7 Å². The summed E-state index contributed by atoms with van der Waals surface area (Å²) in [5.41, 5.74) is 3.10. The quantitative estimate of drug-likeness (QED) is 0.561. The third kappa shape index (κ3) is 0.955. The van der Waals surface area contributed by atoms with Crippen molar-refractivity contribution in [3.05, 3.63) is 47.7 Å². The molecule has 14 heavy (non-hydrogen) atoms. The van der Waals surface area contributed by atoms with Gasteiger partial charge in [-0.25, -0.2) is 0 Å². The Morgan fingerprint density at radius 2 is 2.14 bits per heavy atom. The van der Waals surface area contributed by atoms with Crippen LogP contribution in [-0.2, 0) is 0 Å². The van der Waals surface area contributed by atoms with Crippen LogP contribution in [0, 0.1) is 5.92 Å². The highest BCUT2D eigenvalue weighted by Gasteiger charge is 2.35. The van der Waals surface area contributed by atoms with Crippen molar-refractivity contribution >= 4 is 0 Å². The van der Waals surface area contributed by atoms with Crippen LogP contribution >= 0.6 is 0 Å². The predicted octanol–water partition coefficient (Wildman–Crippen LogP) is 2.65. The van der Waals surface area contributed by atoms with Gasteiger partial charge in [-0.1, -0.05) is 30.4 Å². The summed E-state index contributed by atoms with van der Waals surface area (Å²) in [4.78, 5) is 2.41. The number of nitrogens with zero attached hydrogens (tertiary/aromatic N) is 1. The normalized spacial score (nSPS) is 33.6. The Balaban J connectivity index is 2.05. The van der Waals surface area contributed by atoms with Gasteiger partial charge in [0.15, 0.2) is 0 Å². The molecule has 3 rings (SSSR count). The lowest BCUT2D eigenvalue weighted by atomic mass is 9.87. The molecule has 1 heterocycles. The van der Waals surface area contributed by atoms with Crippen molar-refractivity contribution in [2.24, 2.45) is 5.92 Å². The van der Waals surface area contributed by atoms with Crippen molar-refractivity contribution in [1.82, 2.24) is 4.90 Å². The van der Waals surface area contributed by atoms with Gasteiger partial charge in [0.25, 0.3) is 0 Å². The zero-order valence-electron chi connectivity index (χ0n) is 8.48. The predicted molar refractivity (Wildman–Crippen MR) is 58.7 cm³/mol. The fraction of sp³-hybridized carbons (Fsp3) is 0.385. The molecule has 1 aliphatic heterocycles. The van der Waals surface area contributed by atoms with E-state index in [0.717, 1.165) is 0 Å². The number of fused-ring (bicyclic) bond motifs is 2. The van der Waals surface area contributed by atoms with Gasteiger partial charge in [0.2, 0.25) is 0 Å². The van der Waals surface area contributed by atoms with Crippen molar-refractivity contribution < 1.29 is 0 Å². The molecule has 2 unspecified atom stereocenters. The number of rotatable bonds is 0. The van der Waals surface area contributed by atoms with Crippen LogP contribution < -0.4 is 0 Å². The van der Waals surface area contributed by atoms with Crippen molar-refractivity contribution in [1.29, 1.82) is 0 Å². The van der Waals surface area contributed by atoms with Crippen molar-refractivity contribution in [2.75, 3.05) is 7.05 Å². The second kappa shape index (κ2) is 2.88. The average molecular weight is 185 g/mol. The summed E-state index contributed by atoms with van der Waals surface area (Å²) in [5.74, 6) is 0.643. The molecule has 1 nitrogen and oxygen atoms in total. The van der Waals surface area contributed by atoms with Crippen molar-refractivity contribution in [2.45, 2.75) is 18.9 Å². The first-order valence-corrected chi connectivity index (χ1v) is 5.35. The Bertz CT molecular complexity index is 371. The molecular weight excluding hydrogens is 170 g/mol. The topological polar surface area (TPSA) is 3.24 Å². The Morgan fingerprint density at radius 3 is 3.07 bits per heavy atom. The molecule has 0 radical (unpaired) electrons. The minimum absolute atomic E-state index is 0.577. The molecule has 0 aromatic carbocycles. The van der Waals surface area contributed by atoms with E-state index in [-0.39, 0.29) is 0 Å². The second-order valence-electron chi connectivity index (χ2n) is 4.25. The monoisotopic (exact) mass is 185 g/mol. The number of hydrogen-bond acceptors (Lipinski definition) is 1. The van der Waals surface area contributed by atoms with E-state index in [1.807, 2.05) is 0 Å². The van der Waals surface area contributed by atoms with E-state index in [9.17, 15) is 0 Å². The van der Waals surface area contributed by atoms with Crippen LogP contribution in [-0.4, -0.2) is 18.0 Å². The van der Waals surface area contributed by atoms with Crippen LogP contribution in [0.25, 0.3) is 0 Å². The first kappa shape index (κ1) is 8.10. The maximum atomic E-state index is 2.41. The molecule has 0 bridgehead atoms. The Hall–Kier alpha value is -1.24. The molecule has 72 valence electrons. The van der Waals surface area contributed by atoms with Crippen LogP contribution in [0.3, 0.4) is 0 Å². The van der Waals surface area contributed by atoms with Crippen LogP contribution in [0.15, 0.2) is 47.7 Å². The van der Waals surface area contributed by atoms with Crippen LogP contribution in [0.1, 0.15) is 12.8 Å². The molecule has 0 aromatic heterocycles. The summed E-state index contributed by atoms with van der Waals surface area (Å²) < 4.78 is 0. The summed E-state index contributed by atoms with van der Waals surface area (Å²) >= 11 is 0. The largest absolute Gasteiger partial charge is 0.367 e. The van der Waals surface area contributed by atoms with Gasteiger partial charge in [-0.2, -0.15) is 0 Å². The maximum Gasteiger partial charge on any atom is 0.0573 e. The lowest BCUT2D eigenvalue weighted by Crippen LogP contribution is -2.28. The molecule has 0 fully saturated rings. The third-order valence-corrected chi connectivity index (χ3v) is 3.52. The summed E-state index contributed by atoms with van der Waals surface area (Å²) in [6.07, 6.45) is 16.1. The van der Waals surface area contributed by atoms with E-state index >= 15 is 0 Å². The first-order valence-electron chi connectivity index (χ1n) is 5.35. The molecule has 3 aliphatic rings. The smallest absolute Gasteiger partial charge is 0.0573 e. The second-order valence-corrected chi connectivity index (χ2v) is 4.25. The van der Waals surface area contributed by atoms with Crippen LogP contribution in [0.4, 0.5) is 0 Å². The molecular formula is C13H15N. The average Bonchev–Trinajstić information content (AvgIpc) is 2.55. The zero-order valence-corrected chi connectivity index (χ0v) is 8.48. The SMILES string of the molecule is CN1C2=C(CCC=C2)C2C=CC=CC21. The Labute approximate surface area is 85.1 Å². The van der Waals surface area contributed by atoms with Gasteiger partial charge in [0.1, 0.15) is 0 Å². The molecule has 0 spiro atoms. The van der Waals surface area contributed by atoms with E-state index in [4.69, 9.17) is 0 Å².